The molecular formula is C22H26ClN3O2S. The van der Waals surface area contributed by atoms with Crippen molar-refractivity contribution in [2.24, 2.45) is 0 Å². The van der Waals surface area contributed by atoms with E-state index in [9.17, 15) is 9.59 Å². The molecule has 154 valence electrons. The summed E-state index contributed by atoms with van der Waals surface area (Å²) in [5, 5.41) is 3.60. The molecule has 0 spiro atoms. The Balaban J connectivity index is 1.33. The quantitative estimate of drug-likeness (QED) is 0.726. The molecule has 0 saturated carbocycles. The first-order valence-electron chi connectivity index (χ1n) is 9.68. The maximum absolute atomic E-state index is 12.4. The SMILES string of the molecule is Cc1ccc(NC(=O)CSCC(=O)N2CCN(Cc3ccc(Cl)cc3)CC2)cc1. The number of thioether (sulfide) groups is 1. The molecule has 5 nitrogen and oxygen atoms in total. The normalized spacial score (nSPS) is 14.6. The Hall–Kier alpha value is -2.02. The monoisotopic (exact) mass is 431 g/mol. The van der Waals surface area contributed by atoms with Gasteiger partial charge in [-0.2, -0.15) is 0 Å². The van der Waals surface area contributed by atoms with E-state index < -0.39 is 0 Å². The van der Waals surface area contributed by atoms with Crippen molar-refractivity contribution < 1.29 is 9.59 Å². The number of benzene rings is 2. The van der Waals surface area contributed by atoms with Gasteiger partial charge >= 0.3 is 0 Å². The van der Waals surface area contributed by atoms with E-state index in [1.165, 1.54) is 17.3 Å². The molecule has 1 aliphatic heterocycles. The average Bonchev–Trinajstić information content (AvgIpc) is 2.72. The van der Waals surface area contributed by atoms with E-state index in [1.807, 2.05) is 60.4 Å². The van der Waals surface area contributed by atoms with Gasteiger partial charge in [-0.1, -0.05) is 41.4 Å². The molecule has 1 fully saturated rings. The van der Waals surface area contributed by atoms with Crippen molar-refractivity contribution in [3.63, 3.8) is 0 Å². The molecule has 0 atom stereocenters. The molecule has 2 aromatic carbocycles. The van der Waals surface area contributed by atoms with Crippen molar-refractivity contribution in [3.05, 3.63) is 64.7 Å². The number of amides is 2. The Bertz CT molecular complexity index is 819. The summed E-state index contributed by atoms with van der Waals surface area (Å²) in [6.07, 6.45) is 0. The third-order valence-corrected chi connectivity index (χ3v) is 6.01. The van der Waals surface area contributed by atoms with Crippen molar-refractivity contribution >= 4 is 40.9 Å². The van der Waals surface area contributed by atoms with E-state index >= 15 is 0 Å². The lowest BCUT2D eigenvalue weighted by atomic mass is 10.2. The third kappa shape index (κ3) is 7.07. The van der Waals surface area contributed by atoms with Crippen LogP contribution in [0.2, 0.25) is 5.02 Å². The predicted octanol–water partition coefficient (Wildman–Crippen LogP) is 3.66. The number of rotatable bonds is 7. The van der Waals surface area contributed by atoms with Gasteiger partial charge in [0.05, 0.1) is 11.5 Å². The molecule has 0 bridgehead atoms. The average molecular weight is 432 g/mol. The highest BCUT2D eigenvalue weighted by Gasteiger charge is 2.21. The number of piperazine rings is 1. The fourth-order valence-electron chi connectivity index (χ4n) is 3.16. The van der Waals surface area contributed by atoms with Crippen LogP contribution in [-0.2, 0) is 16.1 Å². The maximum atomic E-state index is 12.4. The van der Waals surface area contributed by atoms with Gasteiger partial charge in [-0.05, 0) is 36.8 Å². The standard InChI is InChI=1S/C22H26ClN3O2S/c1-17-2-8-20(9-3-17)24-21(27)15-29-16-22(28)26-12-10-25(11-13-26)14-18-4-6-19(23)7-5-18/h2-9H,10-16H2,1H3,(H,24,27). The Labute approximate surface area is 181 Å². The van der Waals surface area contributed by atoms with Crippen LogP contribution in [0.1, 0.15) is 11.1 Å². The summed E-state index contributed by atoms with van der Waals surface area (Å²) < 4.78 is 0. The van der Waals surface area contributed by atoms with Gasteiger partial charge < -0.3 is 10.2 Å². The first kappa shape index (κ1) is 21.7. The highest BCUT2D eigenvalue weighted by atomic mass is 35.5. The minimum Gasteiger partial charge on any atom is -0.339 e. The van der Waals surface area contributed by atoms with Gasteiger partial charge in [0.25, 0.3) is 0 Å². The lowest BCUT2D eigenvalue weighted by Crippen LogP contribution is -2.48. The van der Waals surface area contributed by atoms with E-state index in [2.05, 4.69) is 10.2 Å². The molecule has 0 aromatic heterocycles. The summed E-state index contributed by atoms with van der Waals surface area (Å²) in [7, 11) is 0. The highest BCUT2D eigenvalue weighted by Crippen LogP contribution is 2.14. The lowest BCUT2D eigenvalue weighted by Gasteiger charge is -2.34. The molecule has 1 aliphatic rings. The van der Waals surface area contributed by atoms with Crippen LogP contribution in [0.4, 0.5) is 5.69 Å². The molecule has 1 N–H and O–H groups in total. The van der Waals surface area contributed by atoms with Gasteiger partial charge in [-0.15, -0.1) is 11.8 Å². The van der Waals surface area contributed by atoms with Crippen LogP contribution in [0.5, 0.6) is 0 Å². The van der Waals surface area contributed by atoms with Crippen LogP contribution in [0.15, 0.2) is 48.5 Å². The minimum absolute atomic E-state index is 0.0839. The zero-order valence-electron chi connectivity index (χ0n) is 16.6. The topological polar surface area (TPSA) is 52.7 Å². The van der Waals surface area contributed by atoms with Crippen LogP contribution < -0.4 is 5.32 Å². The fraction of sp³-hybridized carbons (Fsp3) is 0.364. The second-order valence-electron chi connectivity index (χ2n) is 7.19. The summed E-state index contributed by atoms with van der Waals surface area (Å²) >= 11 is 7.29. The molecule has 2 aromatic rings. The first-order valence-corrected chi connectivity index (χ1v) is 11.2. The Morgan fingerprint density at radius 3 is 2.28 bits per heavy atom. The molecule has 0 radical (unpaired) electrons. The molecule has 7 heteroatoms. The number of carbonyl (C=O) groups is 2. The molecular weight excluding hydrogens is 406 g/mol. The number of hydrogen-bond acceptors (Lipinski definition) is 4. The number of aryl methyl sites for hydroxylation is 1. The number of halogens is 1. The minimum atomic E-state index is -0.0839. The maximum Gasteiger partial charge on any atom is 0.234 e. The van der Waals surface area contributed by atoms with Crippen molar-refractivity contribution in [3.8, 4) is 0 Å². The predicted molar refractivity (Wildman–Crippen MR) is 120 cm³/mol. The van der Waals surface area contributed by atoms with Crippen molar-refractivity contribution in [1.82, 2.24) is 9.80 Å². The number of nitrogens with one attached hydrogen (secondary N) is 1. The van der Waals surface area contributed by atoms with Crippen molar-refractivity contribution in [2.75, 3.05) is 43.0 Å². The molecule has 29 heavy (non-hydrogen) atoms. The van der Waals surface area contributed by atoms with Gasteiger partial charge in [-0.3, -0.25) is 14.5 Å². The summed E-state index contributed by atoms with van der Waals surface area (Å²) in [5.41, 5.74) is 3.16. The molecule has 0 unspecified atom stereocenters. The molecule has 1 heterocycles. The smallest absolute Gasteiger partial charge is 0.234 e. The van der Waals surface area contributed by atoms with Crippen LogP contribution >= 0.6 is 23.4 Å². The van der Waals surface area contributed by atoms with Crippen LogP contribution in [0, 0.1) is 6.92 Å². The molecule has 3 rings (SSSR count). The molecule has 0 aliphatic carbocycles. The van der Waals surface area contributed by atoms with Gasteiger partial charge in [-0.25, -0.2) is 0 Å². The van der Waals surface area contributed by atoms with Gasteiger partial charge in [0.2, 0.25) is 11.8 Å². The van der Waals surface area contributed by atoms with Crippen molar-refractivity contribution in [1.29, 1.82) is 0 Å². The largest absolute Gasteiger partial charge is 0.339 e. The van der Waals surface area contributed by atoms with E-state index in [0.29, 0.717) is 5.75 Å². The van der Waals surface area contributed by atoms with Gasteiger partial charge in [0, 0.05) is 43.4 Å². The van der Waals surface area contributed by atoms with E-state index in [0.717, 1.165) is 49.0 Å². The lowest BCUT2D eigenvalue weighted by molar-refractivity contribution is -0.130. The van der Waals surface area contributed by atoms with Gasteiger partial charge in [0.1, 0.15) is 0 Å². The van der Waals surface area contributed by atoms with Crippen LogP contribution in [0.25, 0.3) is 0 Å². The summed E-state index contributed by atoms with van der Waals surface area (Å²) in [6, 6.07) is 15.6. The third-order valence-electron chi connectivity index (χ3n) is 4.84. The summed E-state index contributed by atoms with van der Waals surface area (Å²) in [5.74, 6) is 0.623. The second kappa shape index (κ2) is 10.7. The Kier molecular flexibility index (Phi) is 7.98. The fourth-order valence-corrected chi connectivity index (χ4v) is 4.00. The molecule has 1 saturated heterocycles. The number of nitrogens with zero attached hydrogens (tertiary/aromatic N) is 2. The van der Waals surface area contributed by atoms with E-state index in [4.69, 9.17) is 11.6 Å². The van der Waals surface area contributed by atoms with Gasteiger partial charge in [0.15, 0.2) is 0 Å². The van der Waals surface area contributed by atoms with Crippen LogP contribution in [-0.4, -0.2) is 59.3 Å². The Morgan fingerprint density at radius 1 is 0.966 bits per heavy atom. The zero-order valence-corrected chi connectivity index (χ0v) is 18.1. The highest BCUT2D eigenvalue weighted by molar-refractivity contribution is 8.00. The number of anilines is 1. The zero-order chi connectivity index (χ0) is 20.6. The van der Waals surface area contributed by atoms with Crippen molar-refractivity contribution in [2.45, 2.75) is 13.5 Å². The first-order chi connectivity index (χ1) is 14.0. The molecule has 2 amide bonds. The van der Waals surface area contributed by atoms with Crippen LogP contribution in [0.3, 0.4) is 0 Å². The summed E-state index contributed by atoms with van der Waals surface area (Å²) in [4.78, 5) is 28.7. The number of hydrogen-bond donors (Lipinski definition) is 1. The second-order valence-corrected chi connectivity index (χ2v) is 8.61. The number of carbonyl (C=O) groups excluding carboxylic acids is 2. The van der Waals surface area contributed by atoms with E-state index in [1.54, 1.807) is 0 Å². The van der Waals surface area contributed by atoms with E-state index in [-0.39, 0.29) is 17.6 Å². The Morgan fingerprint density at radius 2 is 1.62 bits per heavy atom. The summed E-state index contributed by atoms with van der Waals surface area (Å²) in [6.45, 7) is 6.03.